The first-order valence-corrected chi connectivity index (χ1v) is 8.72. The summed E-state index contributed by atoms with van der Waals surface area (Å²) < 4.78 is 20.6. The minimum absolute atomic E-state index is 0.0428. The number of aromatic nitrogens is 1. The number of halogens is 2. The van der Waals surface area contributed by atoms with Crippen molar-refractivity contribution in [1.29, 1.82) is 0 Å². The molecule has 1 fully saturated rings. The van der Waals surface area contributed by atoms with Crippen molar-refractivity contribution >= 4 is 27.9 Å². The first kappa shape index (κ1) is 16.2. The molecule has 0 saturated heterocycles. The number of amides is 1. The van der Waals surface area contributed by atoms with Crippen LogP contribution in [0.2, 0.25) is 0 Å². The van der Waals surface area contributed by atoms with Gasteiger partial charge in [0.2, 0.25) is 0 Å². The zero-order chi connectivity index (χ0) is 17.6. The number of hydrogen-bond donors (Lipinski definition) is 1. The first-order chi connectivity index (χ1) is 12.0. The molecule has 2 aromatic rings. The molecule has 1 aliphatic heterocycles. The first-order valence-electron chi connectivity index (χ1n) is 7.93. The normalized spacial score (nSPS) is 26.9. The number of amidine groups is 1. The zero-order valence-electron chi connectivity index (χ0n) is 13.4. The molecular formula is C18H15BrFN3O2. The third-order valence-corrected chi connectivity index (χ3v) is 5.04. The monoisotopic (exact) mass is 403 g/mol. The number of nitrogens with one attached hydrogen (secondary N) is 1. The molecule has 7 heteroatoms. The minimum Gasteiger partial charge on any atom is -0.461 e. The van der Waals surface area contributed by atoms with Crippen LogP contribution in [0.5, 0.6) is 0 Å². The van der Waals surface area contributed by atoms with Crippen molar-refractivity contribution in [2.24, 2.45) is 10.9 Å². The molecule has 0 spiro atoms. The molecule has 1 aromatic carbocycles. The quantitative estimate of drug-likeness (QED) is 0.781. The fourth-order valence-electron chi connectivity index (χ4n) is 3.18. The second-order valence-electron chi connectivity index (χ2n) is 6.35. The lowest BCUT2D eigenvalue weighted by atomic mass is 9.90. The molecule has 25 heavy (non-hydrogen) atoms. The molecule has 1 N–H and O–H groups in total. The predicted molar refractivity (Wildman–Crippen MR) is 93.6 cm³/mol. The maximum Gasteiger partial charge on any atom is 0.292 e. The fraction of sp³-hybridized carbons (Fsp3) is 0.278. The summed E-state index contributed by atoms with van der Waals surface area (Å²) in [7, 11) is 0. The molecule has 3 atom stereocenters. The molecule has 1 aliphatic carbocycles. The van der Waals surface area contributed by atoms with Gasteiger partial charge in [-0.1, -0.05) is 18.2 Å². The van der Waals surface area contributed by atoms with Crippen molar-refractivity contribution in [2.75, 3.05) is 0 Å². The predicted octanol–water partition coefficient (Wildman–Crippen LogP) is 3.40. The van der Waals surface area contributed by atoms with E-state index in [1.54, 1.807) is 30.3 Å². The summed E-state index contributed by atoms with van der Waals surface area (Å²) in [6.45, 7) is 1.83. The smallest absolute Gasteiger partial charge is 0.292 e. The van der Waals surface area contributed by atoms with E-state index in [-0.39, 0.29) is 29.6 Å². The second kappa shape index (κ2) is 5.91. The van der Waals surface area contributed by atoms with Gasteiger partial charge in [0.1, 0.15) is 27.8 Å². The highest BCUT2D eigenvalue weighted by Gasteiger charge is 2.58. The number of ether oxygens (including phenoxy) is 1. The van der Waals surface area contributed by atoms with Gasteiger partial charge in [-0.05, 0) is 53.5 Å². The SMILES string of the molecule is CC1(c2nc(Br)ccc2F)N=C(NC(=O)c2ccccc2)OC2CC21. The maximum atomic E-state index is 14.4. The van der Waals surface area contributed by atoms with Crippen molar-refractivity contribution < 1.29 is 13.9 Å². The van der Waals surface area contributed by atoms with Crippen molar-refractivity contribution in [3.05, 3.63) is 64.1 Å². The Bertz CT molecular complexity index is 874. The highest BCUT2D eigenvalue weighted by Crippen LogP contribution is 2.52. The fourth-order valence-corrected chi connectivity index (χ4v) is 3.48. The van der Waals surface area contributed by atoms with Crippen LogP contribution in [0, 0.1) is 11.7 Å². The molecule has 5 nitrogen and oxygen atoms in total. The van der Waals surface area contributed by atoms with E-state index in [0.717, 1.165) is 6.42 Å². The summed E-state index contributed by atoms with van der Waals surface area (Å²) >= 11 is 3.28. The Morgan fingerprint density at radius 3 is 2.84 bits per heavy atom. The Balaban J connectivity index is 1.66. The van der Waals surface area contributed by atoms with Gasteiger partial charge in [0.25, 0.3) is 11.9 Å². The van der Waals surface area contributed by atoms with Gasteiger partial charge in [0.05, 0.1) is 0 Å². The number of rotatable bonds is 2. The number of benzene rings is 1. The highest BCUT2D eigenvalue weighted by molar-refractivity contribution is 9.10. The summed E-state index contributed by atoms with van der Waals surface area (Å²) in [6, 6.07) is 11.8. The van der Waals surface area contributed by atoms with E-state index in [1.807, 2.05) is 13.0 Å². The number of carbonyl (C=O) groups excluding carboxylic acids is 1. The van der Waals surface area contributed by atoms with Gasteiger partial charge in [-0.3, -0.25) is 10.1 Å². The molecule has 1 aromatic heterocycles. The third-order valence-electron chi connectivity index (χ3n) is 4.60. The average Bonchev–Trinajstić information content (AvgIpc) is 3.38. The number of hydrogen-bond acceptors (Lipinski definition) is 4. The summed E-state index contributed by atoms with van der Waals surface area (Å²) in [6.07, 6.45) is 0.659. The van der Waals surface area contributed by atoms with Gasteiger partial charge in [0.15, 0.2) is 0 Å². The van der Waals surface area contributed by atoms with Crippen LogP contribution in [-0.2, 0) is 10.3 Å². The molecule has 1 saturated carbocycles. The Morgan fingerprint density at radius 1 is 1.32 bits per heavy atom. The standard InChI is InChI=1S/C18H15BrFN3O2/c1-18(15-12(20)7-8-14(19)21-15)11-9-13(11)25-17(23-18)22-16(24)10-5-3-2-4-6-10/h2-8,11,13H,9H2,1H3,(H,22,23,24). The van der Waals surface area contributed by atoms with Gasteiger partial charge >= 0.3 is 0 Å². The van der Waals surface area contributed by atoms with E-state index in [9.17, 15) is 9.18 Å². The van der Waals surface area contributed by atoms with E-state index < -0.39 is 11.4 Å². The van der Waals surface area contributed by atoms with Crippen LogP contribution < -0.4 is 5.32 Å². The lowest BCUT2D eigenvalue weighted by Crippen LogP contribution is -2.41. The molecule has 3 unspecified atom stereocenters. The van der Waals surface area contributed by atoms with E-state index in [4.69, 9.17) is 4.74 Å². The molecule has 2 heterocycles. The van der Waals surface area contributed by atoms with E-state index in [0.29, 0.717) is 10.2 Å². The van der Waals surface area contributed by atoms with E-state index in [2.05, 4.69) is 31.2 Å². The van der Waals surface area contributed by atoms with Crippen molar-refractivity contribution in [2.45, 2.75) is 25.0 Å². The van der Waals surface area contributed by atoms with Crippen LogP contribution in [-0.4, -0.2) is 23.0 Å². The van der Waals surface area contributed by atoms with E-state index >= 15 is 0 Å². The zero-order valence-corrected chi connectivity index (χ0v) is 15.0. The summed E-state index contributed by atoms with van der Waals surface area (Å²) in [5.41, 5.74) is -0.125. The van der Waals surface area contributed by atoms with Gasteiger partial charge in [-0.2, -0.15) is 0 Å². The lowest BCUT2D eigenvalue weighted by molar-refractivity contribution is 0.0955. The van der Waals surface area contributed by atoms with Gasteiger partial charge in [0, 0.05) is 11.5 Å². The molecule has 0 radical (unpaired) electrons. The van der Waals surface area contributed by atoms with Crippen molar-refractivity contribution in [3.63, 3.8) is 0 Å². The summed E-state index contributed by atoms with van der Waals surface area (Å²) in [4.78, 5) is 21.1. The molecule has 1 amide bonds. The third kappa shape index (κ3) is 2.93. The van der Waals surface area contributed by atoms with Gasteiger partial charge in [-0.25, -0.2) is 14.4 Å². The Hall–Kier alpha value is -2.28. The van der Waals surface area contributed by atoms with Crippen molar-refractivity contribution in [3.8, 4) is 0 Å². The average molecular weight is 404 g/mol. The van der Waals surface area contributed by atoms with E-state index in [1.165, 1.54) is 6.07 Å². The van der Waals surface area contributed by atoms with Crippen LogP contribution in [0.4, 0.5) is 4.39 Å². The Kier molecular flexibility index (Phi) is 3.83. The van der Waals surface area contributed by atoms with Crippen LogP contribution >= 0.6 is 15.9 Å². The van der Waals surface area contributed by atoms with Gasteiger partial charge in [-0.15, -0.1) is 0 Å². The molecular weight excluding hydrogens is 389 g/mol. The molecule has 4 rings (SSSR count). The van der Waals surface area contributed by atoms with Crippen LogP contribution in [0.3, 0.4) is 0 Å². The maximum absolute atomic E-state index is 14.4. The number of pyridine rings is 1. The number of fused-ring (bicyclic) bond motifs is 1. The molecule has 128 valence electrons. The topological polar surface area (TPSA) is 63.6 Å². The largest absolute Gasteiger partial charge is 0.461 e. The molecule has 0 bridgehead atoms. The number of nitrogens with zero attached hydrogens (tertiary/aromatic N) is 2. The van der Waals surface area contributed by atoms with Crippen LogP contribution in [0.15, 0.2) is 52.1 Å². The van der Waals surface area contributed by atoms with Crippen LogP contribution in [0.25, 0.3) is 0 Å². The minimum atomic E-state index is -0.879. The Labute approximate surface area is 152 Å². The van der Waals surface area contributed by atoms with Crippen LogP contribution in [0.1, 0.15) is 29.4 Å². The highest BCUT2D eigenvalue weighted by atomic mass is 79.9. The lowest BCUT2D eigenvalue weighted by Gasteiger charge is -2.30. The molecule has 2 aliphatic rings. The number of carbonyl (C=O) groups is 1. The van der Waals surface area contributed by atoms with Gasteiger partial charge < -0.3 is 4.74 Å². The summed E-state index contributed by atoms with van der Waals surface area (Å²) in [5.74, 6) is -0.694. The summed E-state index contributed by atoms with van der Waals surface area (Å²) in [5, 5.41) is 2.68. The van der Waals surface area contributed by atoms with Crippen molar-refractivity contribution in [1.82, 2.24) is 10.3 Å². The number of aliphatic imine (C=N–C) groups is 1. The second-order valence-corrected chi connectivity index (χ2v) is 7.16. The Morgan fingerprint density at radius 2 is 2.08 bits per heavy atom.